The lowest BCUT2D eigenvalue weighted by atomic mass is 10.1. The monoisotopic (exact) mass is 660 g/mol. The van der Waals surface area contributed by atoms with Crippen LogP contribution in [0.2, 0.25) is 10.0 Å². The average Bonchev–Trinajstić information content (AvgIpc) is 3.00. The third-order valence-electron chi connectivity index (χ3n) is 6.91. The van der Waals surface area contributed by atoms with Crippen LogP contribution in [0.5, 0.6) is 0 Å². The zero-order valence-corrected chi connectivity index (χ0v) is 25.8. The molecular weight excluding hydrogens is 639 g/mol. The van der Waals surface area contributed by atoms with Gasteiger partial charge in [0.1, 0.15) is 0 Å². The summed E-state index contributed by atoms with van der Waals surface area (Å²) in [5, 5.41) is 6.01. The van der Waals surface area contributed by atoms with E-state index in [4.69, 9.17) is 23.2 Å². The molecule has 1 N–H and O–H groups in total. The van der Waals surface area contributed by atoms with Gasteiger partial charge in [-0.05, 0) is 82.2 Å². The molecule has 220 valence electrons. The molecule has 0 saturated heterocycles. The fourth-order valence-corrected chi connectivity index (χ4v) is 9.11. The first-order valence-corrected chi connectivity index (χ1v) is 16.8. The number of hydrogen-bond donors (Lipinski definition) is 1. The quantitative estimate of drug-likeness (QED) is 0.186. The van der Waals surface area contributed by atoms with Crippen molar-refractivity contribution in [1.29, 1.82) is 0 Å². The molecule has 1 amide bonds. The number of carbonyl (C=O) groups excluding carboxylic acids is 1. The van der Waals surface area contributed by atoms with Gasteiger partial charge in [0.25, 0.3) is 26.0 Å². The first kappa shape index (κ1) is 29.7. The van der Waals surface area contributed by atoms with E-state index in [0.29, 0.717) is 14.5 Å². The van der Waals surface area contributed by atoms with Crippen molar-refractivity contribution < 1.29 is 21.6 Å². The average molecular weight is 662 g/mol. The molecule has 44 heavy (non-hydrogen) atoms. The summed E-state index contributed by atoms with van der Waals surface area (Å²) in [6, 6.07) is 33.1. The van der Waals surface area contributed by atoms with Crippen molar-refractivity contribution in [3.63, 3.8) is 0 Å². The number of halogens is 2. The number of rotatable bonds is 7. The van der Waals surface area contributed by atoms with Crippen molar-refractivity contribution in [1.82, 2.24) is 0 Å². The second kappa shape index (κ2) is 11.6. The molecular formula is C33H22Cl2N2O5S2. The molecule has 0 aliphatic heterocycles. The third-order valence-corrected chi connectivity index (χ3v) is 11.5. The van der Waals surface area contributed by atoms with Gasteiger partial charge >= 0.3 is 0 Å². The second-order valence-electron chi connectivity index (χ2n) is 9.89. The maximum absolute atomic E-state index is 14.3. The van der Waals surface area contributed by atoms with Gasteiger partial charge in [-0.15, -0.1) is 0 Å². The van der Waals surface area contributed by atoms with Crippen LogP contribution in [-0.2, 0) is 20.0 Å². The van der Waals surface area contributed by atoms with Crippen molar-refractivity contribution in [3.05, 3.63) is 143 Å². The fourth-order valence-electron chi connectivity index (χ4n) is 4.84. The number of nitrogens with one attached hydrogen (secondary N) is 1. The summed E-state index contributed by atoms with van der Waals surface area (Å²) >= 11 is 12.1. The van der Waals surface area contributed by atoms with Gasteiger partial charge in [0, 0.05) is 21.3 Å². The van der Waals surface area contributed by atoms with Crippen molar-refractivity contribution in [2.24, 2.45) is 0 Å². The standard InChI is InChI=1S/C33H22Cl2N2O5S2/c34-27-16-26(17-28(35)20-27)33(38)36-29-10-5-11-30(21-29)37(43(39,40)31-14-12-22-6-1-3-8-24(22)18-31)44(41,42)32-15-13-23-7-2-4-9-25(23)19-32/h1-21H,(H,36,38). The molecule has 6 rings (SSSR count). The highest BCUT2D eigenvalue weighted by atomic mass is 35.5. The predicted molar refractivity (Wildman–Crippen MR) is 176 cm³/mol. The number of nitrogens with zero attached hydrogens (tertiary/aromatic N) is 1. The summed E-state index contributed by atoms with van der Waals surface area (Å²) in [6.07, 6.45) is 0. The molecule has 0 aliphatic rings. The Morgan fingerprint density at radius 2 is 1.05 bits per heavy atom. The highest BCUT2D eigenvalue weighted by Gasteiger charge is 2.37. The van der Waals surface area contributed by atoms with Crippen LogP contribution in [0.1, 0.15) is 10.4 Å². The molecule has 0 bridgehead atoms. The van der Waals surface area contributed by atoms with Gasteiger partial charge in [0.05, 0.1) is 15.5 Å². The molecule has 0 fully saturated rings. The van der Waals surface area contributed by atoms with E-state index in [9.17, 15) is 21.6 Å². The van der Waals surface area contributed by atoms with Crippen molar-refractivity contribution in [2.45, 2.75) is 9.79 Å². The van der Waals surface area contributed by atoms with Crippen LogP contribution in [0.3, 0.4) is 0 Å². The molecule has 0 aliphatic carbocycles. The van der Waals surface area contributed by atoms with E-state index >= 15 is 0 Å². The van der Waals surface area contributed by atoms with Gasteiger partial charge in [-0.25, -0.2) is 16.8 Å². The van der Waals surface area contributed by atoms with Gasteiger partial charge in [-0.1, -0.05) is 89.9 Å². The Balaban J connectivity index is 1.49. The summed E-state index contributed by atoms with van der Waals surface area (Å²) in [6.45, 7) is 0. The van der Waals surface area contributed by atoms with E-state index in [0.717, 1.165) is 10.8 Å². The van der Waals surface area contributed by atoms with E-state index in [2.05, 4.69) is 5.32 Å². The van der Waals surface area contributed by atoms with Gasteiger partial charge in [-0.3, -0.25) is 4.79 Å². The summed E-state index contributed by atoms with van der Waals surface area (Å²) in [5.41, 5.74) is 0.113. The summed E-state index contributed by atoms with van der Waals surface area (Å²) in [5.74, 6) is -0.576. The van der Waals surface area contributed by atoms with Gasteiger partial charge in [-0.2, -0.15) is 3.71 Å². The number of fused-ring (bicyclic) bond motifs is 2. The van der Waals surface area contributed by atoms with E-state index < -0.39 is 26.0 Å². The molecule has 0 saturated carbocycles. The molecule has 0 heterocycles. The summed E-state index contributed by atoms with van der Waals surface area (Å²) < 4.78 is 57.7. The minimum atomic E-state index is -4.72. The largest absolute Gasteiger partial charge is 0.322 e. The highest BCUT2D eigenvalue weighted by Crippen LogP contribution is 2.34. The Morgan fingerprint density at radius 3 is 1.57 bits per heavy atom. The van der Waals surface area contributed by atoms with Crippen LogP contribution >= 0.6 is 23.2 Å². The number of benzene rings is 6. The SMILES string of the molecule is O=C(Nc1cccc(N(S(=O)(=O)c2ccc3ccccc3c2)S(=O)(=O)c2ccc3ccccc3c2)c1)c1cc(Cl)cc(Cl)c1. The first-order chi connectivity index (χ1) is 21.0. The molecule has 0 unspecified atom stereocenters. The Labute approximate surface area is 264 Å². The van der Waals surface area contributed by atoms with E-state index in [1.54, 1.807) is 36.4 Å². The van der Waals surface area contributed by atoms with Crippen LogP contribution in [0.15, 0.2) is 137 Å². The smallest absolute Gasteiger partial charge is 0.277 e. The lowest BCUT2D eigenvalue weighted by Crippen LogP contribution is -2.37. The fraction of sp³-hybridized carbons (Fsp3) is 0. The van der Waals surface area contributed by atoms with Gasteiger partial charge < -0.3 is 5.32 Å². The zero-order chi connectivity index (χ0) is 31.1. The van der Waals surface area contributed by atoms with Crippen molar-refractivity contribution >= 4 is 82.1 Å². The van der Waals surface area contributed by atoms with Gasteiger partial charge in [0.2, 0.25) is 0 Å². The molecule has 6 aromatic rings. The third kappa shape index (κ3) is 5.75. The maximum atomic E-state index is 14.3. The molecule has 11 heteroatoms. The Bertz CT molecular complexity index is 2180. The van der Waals surface area contributed by atoms with Crippen molar-refractivity contribution in [2.75, 3.05) is 9.03 Å². The number of hydrogen-bond acceptors (Lipinski definition) is 5. The predicted octanol–water partition coefficient (Wildman–Crippen LogP) is 8.14. The number of carbonyl (C=O) groups is 1. The summed E-state index contributed by atoms with van der Waals surface area (Å²) in [4.78, 5) is 12.6. The number of sulfonamides is 2. The normalized spacial score (nSPS) is 11.9. The van der Waals surface area contributed by atoms with Crippen LogP contribution in [-0.4, -0.2) is 22.7 Å². The van der Waals surface area contributed by atoms with E-state index in [-0.39, 0.29) is 36.8 Å². The maximum Gasteiger partial charge on any atom is 0.277 e. The van der Waals surface area contributed by atoms with E-state index in [1.165, 1.54) is 66.7 Å². The van der Waals surface area contributed by atoms with Crippen LogP contribution < -0.4 is 9.03 Å². The van der Waals surface area contributed by atoms with Crippen molar-refractivity contribution in [3.8, 4) is 0 Å². The molecule has 0 aromatic heterocycles. The second-order valence-corrected chi connectivity index (χ2v) is 14.6. The molecule has 7 nitrogen and oxygen atoms in total. The minimum absolute atomic E-state index is 0.149. The van der Waals surface area contributed by atoms with Gasteiger partial charge in [0.15, 0.2) is 0 Å². The molecule has 0 spiro atoms. The van der Waals surface area contributed by atoms with E-state index in [1.807, 2.05) is 24.3 Å². The Morgan fingerprint density at radius 1 is 0.545 bits per heavy atom. The molecule has 0 radical (unpaired) electrons. The Kier molecular flexibility index (Phi) is 7.81. The zero-order valence-electron chi connectivity index (χ0n) is 22.7. The highest BCUT2D eigenvalue weighted by molar-refractivity contribution is 8.10. The van der Waals surface area contributed by atoms with Crippen LogP contribution in [0.25, 0.3) is 21.5 Å². The van der Waals surface area contributed by atoms with Crippen LogP contribution in [0, 0.1) is 0 Å². The first-order valence-electron chi connectivity index (χ1n) is 13.2. The number of amides is 1. The van der Waals surface area contributed by atoms with Crippen LogP contribution in [0.4, 0.5) is 11.4 Å². The Hall–Kier alpha value is -4.41. The lowest BCUT2D eigenvalue weighted by Gasteiger charge is -2.25. The topological polar surface area (TPSA) is 101 Å². The molecule has 0 atom stereocenters. The molecule has 6 aromatic carbocycles. The summed E-state index contributed by atoms with van der Waals surface area (Å²) in [7, 11) is -9.43. The lowest BCUT2D eigenvalue weighted by molar-refractivity contribution is 0.102. The number of anilines is 2. The minimum Gasteiger partial charge on any atom is -0.322 e.